The fraction of sp³-hybridized carbons (Fsp3) is 0.429. The zero-order valence-corrected chi connectivity index (χ0v) is 12.6. The van der Waals surface area contributed by atoms with Crippen molar-refractivity contribution in [1.29, 1.82) is 0 Å². The molecule has 110 valence electrons. The molecule has 21 heavy (non-hydrogen) atoms. The molecule has 0 bridgehead atoms. The fourth-order valence-corrected chi connectivity index (χ4v) is 3.17. The first-order valence-corrected chi connectivity index (χ1v) is 7.83. The number of anilines is 1. The summed E-state index contributed by atoms with van der Waals surface area (Å²) in [5, 5.41) is 15.6. The molecular weight excluding hydrogens is 286 g/mol. The highest BCUT2D eigenvalue weighted by molar-refractivity contribution is 7.18. The summed E-state index contributed by atoms with van der Waals surface area (Å²) in [7, 11) is 0. The second kappa shape index (κ2) is 6.28. The van der Waals surface area contributed by atoms with Gasteiger partial charge in [0.25, 0.3) is 0 Å². The number of amides is 1. The lowest BCUT2D eigenvalue weighted by Crippen LogP contribution is -2.40. The van der Waals surface area contributed by atoms with Crippen LogP contribution in [0.5, 0.6) is 0 Å². The van der Waals surface area contributed by atoms with Crippen molar-refractivity contribution in [1.82, 2.24) is 20.5 Å². The number of hydrogen-bond donors (Lipinski definition) is 2. The Morgan fingerprint density at radius 3 is 3.10 bits per heavy atom. The van der Waals surface area contributed by atoms with Gasteiger partial charge < -0.3 is 10.6 Å². The molecule has 1 fully saturated rings. The van der Waals surface area contributed by atoms with Crippen LogP contribution in [0.25, 0.3) is 10.7 Å². The summed E-state index contributed by atoms with van der Waals surface area (Å²) in [6.07, 6.45) is 3.44. The van der Waals surface area contributed by atoms with Crippen molar-refractivity contribution < 1.29 is 4.79 Å². The SMILES string of the molecule is C[C@H]1C[C@@H](C(=O)Nc2nnc(-c3ccccn3)s2)CCN1. The molecule has 0 radical (unpaired) electrons. The molecule has 2 aromatic rings. The van der Waals surface area contributed by atoms with Gasteiger partial charge in [-0.2, -0.15) is 0 Å². The minimum absolute atomic E-state index is 0.0343. The second-order valence-electron chi connectivity index (χ2n) is 5.19. The minimum Gasteiger partial charge on any atom is -0.314 e. The lowest BCUT2D eigenvalue weighted by molar-refractivity contribution is -0.120. The predicted octanol–water partition coefficient (Wildman–Crippen LogP) is 1.93. The van der Waals surface area contributed by atoms with Crippen molar-refractivity contribution in [2.75, 3.05) is 11.9 Å². The van der Waals surface area contributed by atoms with E-state index >= 15 is 0 Å². The van der Waals surface area contributed by atoms with E-state index in [0.717, 1.165) is 25.1 Å². The fourth-order valence-electron chi connectivity index (χ4n) is 2.44. The number of carbonyl (C=O) groups excluding carboxylic acids is 1. The normalized spacial score (nSPS) is 22.0. The van der Waals surface area contributed by atoms with E-state index in [1.54, 1.807) is 6.20 Å². The summed E-state index contributed by atoms with van der Waals surface area (Å²) in [6.45, 7) is 2.98. The maximum absolute atomic E-state index is 12.2. The third kappa shape index (κ3) is 3.43. The Hall–Kier alpha value is -1.86. The highest BCUT2D eigenvalue weighted by Gasteiger charge is 2.25. The van der Waals surface area contributed by atoms with Crippen molar-refractivity contribution >= 4 is 22.4 Å². The maximum atomic E-state index is 12.2. The van der Waals surface area contributed by atoms with E-state index in [2.05, 4.69) is 32.7 Å². The van der Waals surface area contributed by atoms with Crippen LogP contribution in [0.2, 0.25) is 0 Å². The lowest BCUT2D eigenvalue weighted by atomic mass is 9.93. The highest BCUT2D eigenvalue weighted by Crippen LogP contribution is 2.25. The molecule has 0 spiro atoms. The average Bonchev–Trinajstić information content (AvgIpc) is 2.97. The zero-order chi connectivity index (χ0) is 14.7. The molecule has 1 amide bonds. The first-order valence-electron chi connectivity index (χ1n) is 7.01. The van der Waals surface area contributed by atoms with Crippen LogP contribution in [0.15, 0.2) is 24.4 Å². The summed E-state index contributed by atoms with van der Waals surface area (Å²) in [5.41, 5.74) is 0.769. The van der Waals surface area contributed by atoms with Gasteiger partial charge in [0.2, 0.25) is 11.0 Å². The summed E-state index contributed by atoms with van der Waals surface area (Å²) < 4.78 is 0. The first kappa shape index (κ1) is 14.1. The second-order valence-corrected chi connectivity index (χ2v) is 6.17. The number of rotatable bonds is 3. The molecule has 1 aliphatic heterocycles. The summed E-state index contributed by atoms with van der Waals surface area (Å²) in [5.74, 6) is 0.0792. The van der Waals surface area contributed by atoms with Crippen LogP contribution in [-0.2, 0) is 4.79 Å². The molecule has 3 heterocycles. The summed E-state index contributed by atoms with van der Waals surface area (Å²) in [4.78, 5) is 16.5. The molecule has 0 aliphatic carbocycles. The van der Waals surface area contributed by atoms with Crippen molar-refractivity contribution in [3.63, 3.8) is 0 Å². The highest BCUT2D eigenvalue weighted by atomic mass is 32.1. The van der Waals surface area contributed by atoms with Crippen LogP contribution in [0.1, 0.15) is 19.8 Å². The van der Waals surface area contributed by atoms with Gasteiger partial charge in [-0.05, 0) is 38.4 Å². The lowest BCUT2D eigenvalue weighted by Gasteiger charge is -2.26. The van der Waals surface area contributed by atoms with Gasteiger partial charge in [0, 0.05) is 18.2 Å². The molecule has 2 aromatic heterocycles. The number of pyridine rings is 1. The first-order chi connectivity index (χ1) is 10.2. The van der Waals surface area contributed by atoms with Crippen LogP contribution in [0.3, 0.4) is 0 Å². The Morgan fingerprint density at radius 1 is 1.43 bits per heavy atom. The number of aromatic nitrogens is 3. The third-order valence-electron chi connectivity index (χ3n) is 3.53. The molecule has 2 N–H and O–H groups in total. The molecule has 1 saturated heterocycles. The van der Waals surface area contributed by atoms with Crippen LogP contribution in [0, 0.1) is 5.92 Å². The van der Waals surface area contributed by atoms with Crippen molar-refractivity contribution in [3.05, 3.63) is 24.4 Å². The molecule has 3 rings (SSSR count). The van der Waals surface area contributed by atoms with Crippen molar-refractivity contribution in [2.45, 2.75) is 25.8 Å². The topological polar surface area (TPSA) is 79.8 Å². The molecule has 7 heteroatoms. The quantitative estimate of drug-likeness (QED) is 0.905. The van der Waals surface area contributed by atoms with Gasteiger partial charge in [-0.1, -0.05) is 17.4 Å². The largest absolute Gasteiger partial charge is 0.314 e. The Bertz CT molecular complexity index is 615. The van der Waals surface area contributed by atoms with Gasteiger partial charge in [-0.15, -0.1) is 10.2 Å². The molecule has 1 aliphatic rings. The van der Waals surface area contributed by atoms with E-state index < -0.39 is 0 Å². The van der Waals surface area contributed by atoms with Crippen molar-refractivity contribution in [2.24, 2.45) is 5.92 Å². The number of nitrogens with zero attached hydrogens (tertiary/aromatic N) is 3. The standard InChI is InChI=1S/C14H17N5OS/c1-9-8-10(5-7-15-9)12(20)17-14-19-18-13(21-14)11-4-2-3-6-16-11/h2-4,6,9-10,15H,5,7-8H2,1H3,(H,17,19,20)/t9-,10-/m0/s1. The Balaban J connectivity index is 1.66. The van der Waals surface area contributed by atoms with Gasteiger partial charge in [0.15, 0.2) is 5.01 Å². The zero-order valence-electron chi connectivity index (χ0n) is 11.7. The third-order valence-corrected chi connectivity index (χ3v) is 4.39. The van der Waals surface area contributed by atoms with Crippen LogP contribution >= 0.6 is 11.3 Å². The predicted molar refractivity (Wildman–Crippen MR) is 82.0 cm³/mol. The molecule has 0 unspecified atom stereocenters. The van der Waals surface area contributed by atoms with Gasteiger partial charge in [0.05, 0.1) is 0 Å². The van der Waals surface area contributed by atoms with Gasteiger partial charge >= 0.3 is 0 Å². The van der Waals surface area contributed by atoms with E-state index in [9.17, 15) is 4.79 Å². The Labute approximate surface area is 127 Å². The van der Waals surface area contributed by atoms with Crippen molar-refractivity contribution in [3.8, 4) is 10.7 Å². The Kier molecular flexibility index (Phi) is 4.21. The molecule has 6 nitrogen and oxygen atoms in total. The molecular formula is C14H17N5OS. The molecule has 0 aromatic carbocycles. The van der Waals surface area contributed by atoms with Crippen LogP contribution in [0.4, 0.5) is 5.13 Å². The Morgan fingerprint density at radius 2 is 2.33 bits per heavy atom. The summed E-state index contributed by atoms with van der Waals surface area (Å²) >= 11 is 1.35. The molecule has 0 saturated carbocycles. The molecule has 2 atom stereocenters. The van der Waals surface area contributed by atoms with E-state index in [1.165, 1.54) is 11.3 Å². The average molecular weight is 303 g/mol. The van der Waals surface area contributed by atoms with E-state index in [4.69, 9.17) is 0 Å². The number of piperidine rings is 1. The number of carbonyl (C=O) groups is 1. The van der Waals surface area contributed by atoms with Gasteiger partial charge in [-0.3, -0.25) is 9.78 Å². The van der Waals surface area contributed by atoms with E-state index in [0.29, 0.717) is 16.2 Å². The monoisotopic (exact) mass is 303 g/mol. The van der Waals surface area contributed by atoms with Crippen LogP contribution in [-0.4, -0.2) is 33.7 Å². The van der Waals surface area contributed by atoms with Gasteiger partial charge in [0.1, 0.15) is 5.69 Å². The van der Waals surface area contributed by atoms with Gasteiger partial charge in [-0.25, -0.2) is 0 Å². The number of nitrogens with one attached hydrogen (secondary N) is 2. The van der Waals surface area contributed by atoms with E-state index in [-0.39, 0.29) is 11.8 Å². The van der Waals surface area contributed by atoms with E-state index in [1.807, 2.05) is 18.2 Å². The van der Waals surface area contributed by atoms with Crippen LogP contribution < -0.4 is 10.6 Å². The minimum atomic E-state index is 0.0343. The maximum Gasteiger partial charge on any atom is 0.229 e. The smallest absolute Gasteiger partial charge is 0.229 e. The number of hydrogen-bond acceptors (Lipinski definition) is 6. The summed E-state index contributed by atoms with van der Waals surface area (Å²) in [6, 6.07) is 6.01.